The van der Waals surface area contributed by atoms with E-state index in [9.17, 15) is 4.39 Å². The number of rotatable bonds is 2. The van der Waals surface area contributed by atoms with Crippen LogP contribution in [0.1, 0.15) is 49.9 Å². The molecule has 1 aliphatic carbocycles. The van der Waals surface area contributed by atoms with Crippen molar-refractivity contribution < 1.29 is 8.91 Å². The Labute approximate surface area is 122 Å². The fourth-order valence-corrected chi connectivity index (χ4v) is 2.84. The molecule has 0 saturated heterocycles. The van der Waals surface area contributed by atoms with E-state index in [-0.39, 0.29) is 11.5 Å². The van der Waals surface area contributed by atoms with Crippen LogP contribution in [0.25, 0.3) is 11.5 Å². The van der Waals surface area contributed by atoms with Gasteiger partial charge in [-0.1, -0.05) is 31.0 Å². The number of halogens is 1. The molecule has 0 aliphatic heterocycles. The summed E-state index contributed by atoms with van der Waals surface area (Å²) in [6.45, 7) is 2.25. The van der Waals surface area contributed by atoms with Gasteiger partial charge in [0.25, 0.3) is 5.89 Å². The van der Waals surface area contributed by atoms with Gasteiger partial charge in [-0.3, -0.25) is 0 Å². The zero-order chi connectivity index (χ0) is 14.8. The average Bonchev–Trinajstić information content (AvgIpc) is 2.97. The monoisotopic (exact) mass is 285 g/mol. The molecular weight excluding hydrogens is 269 g/mol. The number of benzene rings is 1. The minimum atomic E-state index is -0.568. The van der Waals surface area contributed by atoms with E-state index in [4.69, 9.17) is 9.78 Å². The van der Waals surface area contributed by atoms with Gasteiger partial charge in [-0.15, -0.1) is 0 Å². The van der Waals surface area contributed by atoms with Crippen LogP contribution in [0.15, 0.2) is 22.7 Å². The zero-order valence-electron chi connectivity index (χ0n) is 11.8. The molecule has 5 heteroatoms. The lowest BCUT2D eigenvalue weighted by atomic mass is 9.83. The van der Waals surface area contributed by atoms with Crippen LogP contribution < -0.4 is 0 Å². The SMILES string of the molecule is CC1CCC(c2noc(-c3cccc(F)c3C#N)n2)CC1. The fourth-order valence-electron chi connectivity index (χ4n) is 2.84. The van der Waals surface area contributed by atoms with Crippen molar-refractivity contribution in [1.82, 2.24) is 10.1 Å². The second-order valence-electron chi connectivity index (χ2n) is 5.69. The van der Waals surface area contributed by atoms with Crippen LogP contribution in [0.2, 0.25) is 0 Å². The van der Waals surface area contributed by atoms with E-state index in [0.717, 1.165) is 31.6 Å². The van der Waals surface area contributed by atoms with Crippen molar-refractivity contribution in [2.24, 2.45) is 5.92 Å². The van der Waals surface area contributed by atoms with Gasteiger partial charge in [0.15, 0.2) is 5.82 Å². The van der Waals surface area contributed by atoms with E-state index >= 15 is 0 Å². The fraction of sp³-hybridized carbons (Fsp3) is 0.438. The van der Waals surface area contributed by atoms with Gasteiger partial charge in [-0.2, -0.15) is 10.2 Å². The maximum absolute atomic E-state index is 13.6. The van der Waals surface area contributed by atoms with Crippen LogP contribution >= 0.6 is 0 Å². The molecular formula is C16H16FN3O. The first-order chi connectivity index (χ1) is 10.2. The molecule has 0 unspecified atom stereocenters. The second-order valence-corrected chi connectivity index (χ2v) is 5.69. The molecule has 1 fully saturated rings. The van der Waals surface area contributed by atoms with Gasteiger partial charge in [0.05, 0.1) is 5.56 Å². The van der Waals surface area contributed by atoms with Gasteiger partial charge >= 0.3 is 0 Å². The molecule has 21 heavy (non-hydrogen) atoms. The lowest BCUT2D eigenvalue weighted by Crippen LogP contribution is -2.11. The van der Waals surface area contributed by atoms with Crippen LogP contribution in [-0.2, 0) is 0 Å². The summed E-state index contributed by atoms with van der Waals surface area (Å²) in [5, 5.41) is 13.1. The predicted octanol–water partition coefficient (Wildman–Crippen LogP) is 4.04. The summed E-state index contributed by atoms with van der Waals surface area (Å²) in [6.07, 6.45) is 4.43. The molecule has 1 heterocycles. The lowest BCUT2D eigenvalue weighted by Gasteiger charge is -2.23. The normalized spacial score (nSPS) is 22.0. The third kappa shape index (κ3) is 2.66. The molecule has 2 aromatic rings. The quantitative estimate of drug-likeness (QED) is 0.835. The molecule has 0 bridgehead atoms. The smallest absolute Gasteiger partial charge is 0.259 e. The van der Waals surface area contributed by atoms with Crippen molar-refractivity contribution in [2.45, 2.75) is 38.5 Å². The highest BCUT2D eigenvalue weighted by atomic mass is 19.1. The van der Waals surface area contributed by atoms with Crippen molar-refractivity contribution >= 4 is 0 Å². The first-order valence-corrected chi connectivity index (χ1v) is 7.21. The molecule has 108 valence electrons. The largest absolute Gasteiger partial charge is 0.334 e. The summed E-state index contributed by atoms with van der Waals surface area (Å²) in [7, 11) is 0. The van der Waals surface area contributed by atoms with Gasteiger partial charge in [-0.05, 0) is 30.9 Å². The minimum Gasteiger partial charge on any atom is -0.334 e. The van der Waals surface area contributed by atoms with Gasteiger partial charge < -0.3 is 4.52 Å². The summed E-state index contributed by atoms with van der Waals surface area (Å²) >= 11 is 0. The predicted molar refractivity (Wildman–Crippen MR) is 74.8 cm³/mol. The van der Waals surface area contributed by atoms with Crippen molar-refractivity contribution in [2.75, 3.05) is 0 Å². The van der Waals surface area contributed by atoms with Crippen LogP contribution in [0.5, 0.6) is 0 Å². The highest BCUT2D eigenvalue weighted by Crippen LogP contribution is 2.35. The Morgan fingerprint density at radius 1 is 1.29 bits per heavy atom. The third-order valence-corrected chi connectivity index (χ3v) is 4.18. The van der Waals surface area contributed by atoms with Crippen molar-refractivity contribution in [3.8, 4) is 17.5 Å². The van der Waals surface area contributed by atoms with Crippen LogP contribution in [0.3, 0.4) is 0 Å². The molecule has 1 aliphatic rings. The molecule has 4 nitrogen and oxygen atoms in total. The first kappa shape index (κ1) is 13.7. The van der Waals surface area contributed by atoms with E-state index in [1.54, 1.807) is 6.07 Å². The van der Waals surface area contributed by atoms with Crippen molar-refractivity contribution in [3.63, 3.8) is 0 Å². The maximum atomic E-state index is 13.6. The second kappa shape index (κ2) is 5.65. The summed E-state index contributed by atoms with van der Waals surface area (Å²) in [5.74, 6) is 1.38. The van der Waals surface area contributed by atoms with Gasteiger partial charge in [0.1, 0.15) is 17.4 Å². The molecule has 1 aromatic heterocycles. The molecule has 3 rings (SSSR count). The summed E-state index contributed by atoms with van der Waals surface area (Å²) < 4.78 is 18.9. The maximum Gasteiger partial charge on any atom is 0.259 e. The number of aromatic nitrogens is 2. The van der Waals surface area contributed by atoms with Crippen molar-refractivity contribution in [1.29, 1.82) is 5.26 Å². The minimum absolute atomic E-state index is 0.0510. The van der Waals surface area contributed by atoms with Gasteiger partial charge in [0, 0.05) is 5.92 Å². The molecule has 0 amide bonds. The van der Waals surface area contributed by atoms with E-state index in [1.807, 2.05) is 6.07 Å². The molecule has 0 atom stereocenters. The summed E-state index contributed by atoms with van der Waals surface area (Å²) in [4.78, 5) is 4.38. The van der Waals surface area contributed by atoms with Crippen LogP contribution in [0, 0.1) is 23.1 Å². The highest BCUT2D eigenvalue weighted by Gasteiger charge is 2.25. The Bertz CT molecular complexity index is 681. The molecule has 0 radical (unpaired) electrons. The average molecular weight is 285 g/mol. The zero-order valence-corrected chi connectivity index (χ0v) is 11.8. The Morgan fingerprint density at radius 2 is 2.05 bits per heavy atom. The Kier molecular flexibility index (Phi) is 3.70. The number of hydrogen-bond donors (Lipinski definition) is 0. The van der Waals surface area contributed by atoms with Crippen molar-refractivity contribution in [3.05, 3.63) is 35.4 Å². The Morgan fingerprint density at radius 3 is 2.76 bits per heavy atom. The number of hydrogen-bond acceptors (Lipinski definition) is 4. The van der Waals surface area contributed by atoms with Gasteiger partial charge in [0.2, 0.25) is 0 Å². The topological polar surface area (TPSA) is 62.7 Å². The van der Waals surface area contributed by atoms with E-state index in [1.165, 1.54) is 12.1 Å². The van der Waals surface area contributed by atoms with E-state index < -0.39 is 5.82 Å². The van der Waals surface area contributed by atoms with E-state index in [2.05, 4.69) is 17.1 Å². The molecule has 0 N–H and O–H groups in total. The molecule has 0 spiro atoms. The summed E-state index contributed by atoms with van der Waals surface area (Å²) in [6, 6.07) is 6.27. The third-order valence-electron chi connectivity index (χ3n) is 4.18. The lowest BCUT2D eigenvalue weighted by molar-refractivity contribution is 0.329. The Balaban J connectivity index is 1.89. The van der Waals surface area contributed by atoms with Crippen LogP contribution in [0.4, 0.5) is 4.39 Å². The molecule has 1 saturated carbocycles. The van der Waals surface area contributed by atoms with Crippen LogP contribution in [-0.4, -0.2) is 10.1 Å². The first-order valence-electron chi connectivity index (χ1n) is 7.21. The van der Waals surface area contributed by atoms with Gasteiger partial charge in [-0.25, -0.2) is 4.39 Å². The summed E-state index contributed by atoms with van der Waals surface area (Å²) in [5.41, 5.74) is 0.311. The number of nitrogens with zero attached hydrogens (tertiary/aromatic N) is 3. The standard InChI is InChI=1S/C16H16FN3O/c1-10-5-7-11(8-6-10)15-19-16(21-20-15)12-3-2-4-14(17)13(12)9-18/h2-4,10-11H,5-8H2,1H3. The van der Waals surface area contributed by atoms with E-state index in [0.29, 0.717) is 17.3 Å². The number of nitriles is 1. The highest BCUT2D eigenvalue weighted by molar-refractivity contribution is 5.63. The molecule has 1 aromatic carbocycles. The Hall–Kier alpha value is -2.22.